The Balaban J connectivity index is 1.79. The smallest absolute Gasteiger partial charge is 0.348 e. The van der Waals surface area contributed by atoms with Gasteiger partial charge in [0.1, 0.15) is 11.1 Å². The Hall–Kier alpha value is -3.57. The largest absolute Gasteiger partial charge is 0.422 e. The highest BCUT2D eigenvalue weighted by molar-refractivity contribution is 6.37. The fraction of sp³-hybridized carbons (Fsp3) is 0.154. The van der Waals surface area contributed by atoms with Gasteiger partial charge in [0, 0.05) is 35.9 Å². The van der Waals surface area contributed by atoms with Crippen molar-refractivity contribution in [1.82, 2.24) is 9.55 Å². The molecule has 5 rings (SSSR count). The number of hydrogen-bond donors (Lipinski definition) is 0. The van der Waals surface area contributed by atoms with E-state index in [1.165, 1.54) is 0 Å². The zero-order valence-electron chi connectivity index (χ0n) is 17.9. The molecule has 2 heterocycles. The Morgan fingerprint density at radius 1 is 0.969 bits per heavy atom. The molecule has 0 aliphatic rings. The van der Waals surface area contributed by atoms with Gasteiger partial charge in [0.2, 0.25) is 0 Å². The van der Waals surface area contributed by atoms with E-state index in [1.807, 2.05) is 77.4 Å². The molecule has 0 amide bonds. The predicted molar refractivity (Wildman–Crippen MR) is 131 cm³/mol. The third-order valence-corrected chi connectivity index (χ3v) is 6.15. The summed E-state index contributed by atoms with van der Waals surface area (Å²) in [5, 5.41) is 1.03. The molecule has 0 bridgehead atoms. The van der Waals surface area contributed by atoms with Gasteiger partial charge in [-0.25, -0.2) is 9.78 Å². The minimum atomic E-state index is -0.508. The molecule has 0 spiro atoms. The van der Waals surface area contributed by atoms with Gasteiger partial charge in [-0.05, 0) is 50.2 Å². The van der Waals surface area contributed by atoms with Gasteiger partial charge in [-0.1, -0.05) is 41.9 Å². The monoisotopic (exact) mass is 443 g/mol. The van der Waals surface area contributed by atoms with Crippen LogP contribution in [0.1, 0.15) is 13.8 Å². The topological polar surface area (TPSA) is 51.3 Å². The molecule has 0 radical (unpaired) electrons. The van der Waals surface area contributed by atoms with Gasteiger partial charge in [-0.3, -0.25) is 4.57 Å². The van der Waals surface area contributed by atoms with Crippen LogP contribution in [0.3, 0.4) is 0 Å². The van der Waals surface area contributed by atoms with E-state index in [1.54, 1.807) is 0 Å². The van der Waals surface area contributed by atoms with Crippen molar-refractivity contribution >= 4 is 39.3 Å². The Labute approximate surface area is 190 Å². The first-order valence-electron chi connectivity index (χ1n) is 10.7. The van der Waals surface area contributed by atoms with Gasteiger partial charge >= 0.3 is 5.63 Å². The normalized spacial score (nSPS) is 11.3. The Kier molecular flexibility index (Phi) is 5.19. The number of benzene rings is 3. The van der Waals surface area contributed by atoms with Crippen LogP contribution in [0.15, 0.2) is 82.0 Å². The van der Waals surface area contributed by atoms with Crippen LogP contribution < -0.4 is 10.5 Å². The SMILES string of the molecule is CCN(CC)c1ccc2c(Cl)c(-c3nc4ccccc4n3-c3ccccc3)c(=O)oc2c1. The molecule has 2 aromatic heterocycles. The van der Waals surface area contributed by atoms with Crippen LogP contribution >= 0.6 is 11.6 Å². The van der Waals surface area contributed by atoms with E-state index in [4.69, 9.17) is 21.0 Å². The molecule has 0 N–H and O–H groups in total. The summed E-state index contributed by atoms with van der Waals surface area (Å²) in [5.41, 5.74) is 3.77. The first kappa shape index (κ1) is 20.3. The van der Waals surface area contributed by atoms with E-state index in [0.29, 0.717) is 21.8 Å². The quantitative estimate of drug-likeness (QED) is 0.299. The third kappa shape index (κ3) is 3.26. The fourth-order valence-electron chi connectivity index (χ4n) is 4.16. The molecular weight excluding hydrogens is 422 g/mol. The zero-order valence-corrected chi connectivity index (χ0v) is 18.6. The molecule has 5 aromatic rings. The molecule has 0 aliphatic carbocycles. The van der Waals surface area contributed by atoms with Gasteiger partial charge in [0.05, 0.1) is 16.1 Å². The second-order valence-corrected chi connectivity index (χ2v) is 7.90. The summed E-state index contributed by atoms with van der Waals surface area (Å²) in [6.45, 7) is 5.90. The molecule has 32 heavy (non-hydrogen) atoms. The Morgan fingerprint density at radius 3 is 2.44 bits per heavy atom. The lowest BCUT2D eigenvalue weighted by Crippen LogP contribution is -2.21. The molecule has 6 heteroatoms. The van der Waals surface area contributed by atoms with E-state index in [-0.39, 0.29) is 5.56 Å². The summed E-state index contributed by atoms with van der Waals surface area (Å²) in [6.07, 6.45) is 0. The first-order chi connectivity index (χ1) is 15.6. The van der Waals surface area contributed by atoms with Crippen LogP contribution in [0.5, 0.6) is 0 Å². The van der Waals surface area contributed by atoms with E-state index in [0.717, 1.165) is 35.5 Å². The van der Waals surface area contributed by atoms with Crippen LogP contribution in [0.25, 0.3) is 39.1 Å². The van der Waals surface area contributed by atoms with Crippen molar-refractivity contribution in [1.29, 1.82) is 0 Å². The second kappa shape index (κ2) is 8.17. The minimum Gasteiger partial charge on any atom is -0.422 e. The molecule has 160 valence electrons. The van der Waals surface area contributed by atoms with Crippen molar-refractivity contribution in [3.05, 3.63) is 88.2 Å². The average molecular weight is 444 g/mol. The summed E-state index contributed by atoms with van der Waals surface area (Å²) < 4.78 is 7.72. The summed E-state index contributed by atoms with van der Waals surface area (Å²) in [5.74, 6) is 0.464. The lowest BCUT2D eigenvalue weighted by atomic mass is 10.1. The summed E-state index contributed by atoms with van der Waals surface area (Å²) in [4.78, 5) is 20.2. The van der Waals surface area contributed by atoms with Crippen LogP contribution in [0, 0.1) is 0 Å². The minimum absolute atomic E-state index is 0.259. The summed E-state index contributed by atoms with van der Waals surface area (Å²) in [7, 11) is 0. The van der Waals surface area contributed by atoms with Crippen LogP contribution in [-0.2, 0) is 0 Å². The molecule has 0 atom stereocenters. The van der Waals surface area contributed by atoms with Crippen molar-refractivity contribution in [2.24, 2.45) is 0 Å². The molecule has 5 nitrogen and oxygen atoms in total. The third-order valence-electron chi connectivity index (χ3n) is 5.76. The van der Waals surface area contributed by atoms with Crippen LogP contribution in [0.2, 0.25) is 5.02 Å². The maximum atomic E-state index is 13.2. The van der Waals surface area contributed by atoms with Crippen LogP contribution in [-0.4, -0.2) is 22.6 Å². The maximum absolute atomic E-state index is 13.2. The molecule has 0 saturated carbocycles. The van der Waals surface area contributed by atoms with Crippen molar-refractivity contribution in [2.75, 3.05) is 18.0 Å². The van der Waals surface area contributed by atoms with Crippen molar-refractivity contribution in [3.8, 4) is 17.1 Å². The standard InChI is InChI=1S/C26H22ClN3O2/c1-3-29(4-2)18-14-15-19-22(16-18)32-26(31)23(24(19)27)25-28-20-12-8-9-13-21(20)30(25)17-10-6-5-7-11-17/h5-16H,3-4H2,1-2H3. The number of imidazole rings is 1. The predicted octanol–water partition coefficient (Wildman–Crippen LogP) is 6.30. The number of halogens is 1. The maximum Gasteiger partial charge on any atom is 0.348 e. The number of fused-ring (bicyclic) bond motifs is 2. The highest BCUT2D eigenvalue weighted by Gasteiger charge is 2.23. The Morgan fingerprint density at radius 2 is 1.69 bits per heavy atom. The zero-order chi connectivity index (χ0) is 22.2. The highest BCUT2D eigenvalue weighted by atomic mass is 35.5. The van der Waals surface area contributed by atoms with Gasteiger partial charge in [0.25, 0.3) is 0 Å². The Bertz CT molecular complexity index is 1480. The van der Waals surface area contributed by atoms with E-state index < -0.39 is 5.63 Å². The number of anilines is 1. The molecule has 3 aromatic carbocycles. The lowest BCUT2D eigenvalue weighted by Gasteiger charge is -2.21. The van der Waals surface area contributed by atoms with Gasteiger partial charge in [-0.2, -0.15) is 0 Å². The van der Waals surface area contributed by atoms with E-state index >= 15 is 0 Å². The fourth-order valence-corrected chi connectivity index (χ4v) is 4.48. The number of nitrogens with zero attached hydrogens (tertiary/aromatic N) is 3. The highest BCUT2D eigenvalue weighted by Crippen LogP contribution is 2.35. The molecule has 0 fully saturated rings. The van der Waals surface area contributed by atoms with Gasteiger partial charge in [0.15, 0.2) is 5.82 Å². The summed E-state index contributed by atoms with van der Waals surface area (Å²) in [6, 6.07) is 23.4. The van der Waals surface area contributed by atoms with Gasteiger partial charge < -0.3 is 9.32 Å². The lowest BCUT2D eigenvalue weighted by molar-refractivity contribution is 0.562. The summed E-state index contributed by atoms with van der Waals surface area (Å²) >= 11 is 6.84. The van der Waals surface area contributed by atoms with Crippen molar-refractivity contribution in [2.45, 2.75) is 13.8 Å². The number of para-hydroxylation sites is 3. The van der Waals surface area contributed by atoms with Crippen molar-refractivity contribution < 1.29 is 4.42 Å². The second-order valence-electron chi connectivity index (χ2n) is 7.53. The van der Waals surface area contributed by atoms with E-state index in [2.05, 4.69) is 18.7 Å². The van der Waals surface area contributed by atoms with Crippen molar-refractivity contribution in [3.63, 3.8) is 0 Å². The molecular formula is C26H22ClN3O2. The molecule has 0 aliphatic heterocycles. The molecule has 0 saturated heterocycles. The van der Waals surface area contributed by atoms with E-state index in [9.17, 15) is 4.79 Å². The van der Waals surface area contributed by atoms with Gasteiger partial charge in [-0.15, -0.1) is 0 Å². The van der Waals surface area contributed by atoms with Crippen LogP contribution in [0.4, 0.5) is 5.69 Å². The number of hydrogen-bond acceptors (Lipinski definition) is 4. The molecule has 0 unspecified atom stereocenters. The first-order valence-corrected chi connectivity index (χ1v) is 11.0. The number of rotatable bonds is 5. The average Bonchev–Trinajstić information content (AvgIpc) is 3.19. The number of aromatic nitrogens is 2.